The van der Waals surface area contributed by atoms with Crippen molar-refractivity contribution in [3.05, 3.63) is 0 Å². The van der Waals surface area contributed by atoms with Gasteiger partial charge in [-0.1, -0.05) is 24.5 Å². The molecule has 4 unspecified atom stereocenters. The van der Waals surface area contributed by atoms with Gasteiger partial charge in [-0.2, -0.15) is 0 Å². The summed E-state index contributed by atoms with van der Waals surface area (Å²) in [4.78, 5) is 11.8. The summed E-state index contributed by atoms with van der Waals surface area (Å²) in [5.41, 5.74) is -0.817. The third-order valence-corrected chi connectivity index (χ3v) is 4.34. The van der Waals surface area contributed by atoms with Gasteiger partial charge in [0.25, 0.3) is 0 Å². The Morgan fingerprint density at radius 1 is 1.87 bits per heavy atom. The van der Waals surface area contributed by atoms with Gasteiger partial charge in [-0.15, -0.1) is 0 Å². The third kappa shape index (κ3) is 3.19. The molecule has 0 aromatic rings. The second-order valence-corrected chi connectivity index (χ2v) is 5.46. The maximum atomic E-state index is 13.2. The molecular weight excluding hydrogens is 284 g/mol. The number of hydrogen-bond acceptors (Lipinski definition) is 3. The molecule has 0 aliphatic carbocycles. The molecule has 88 valence electrons. The molecule has 6 heteroatoms. The minimum absolute atomic E-state index is 0.0163. The first kappa shape index (κ1) is 13.5. The average molecular weight is 300 g/mol. The first-order chi connectivity index (χ1) is 7.04. The van der Waals surface area contributed by atoms with Gasteiger partial charge >= 0.3 is 0 Å². The molecule has 0 aromatic heterocycles. The number of carbonyl (C=O) groups excluding carboxylic acids is 1. The summed E-state index contributed by atoms with van der Waals surface area (Å²) in [5, 5.41) is 12.9. The Labute approximate surface area is 99.1 Å². The number of rotatable bonds is 5. The fourth-order valence-corrected chi connectivity index (χ4v) is 2.95. The van der Waals surface area contributed by atoms with Crippen molar-refractivity contribution >= 4 is 30.0 Å². The Kier molecular flexibility index (Phi) is 5.10. The lowest BCUT2D eigenvalue weighted by Gasteiger charge is -2.29. The van der Waals surface area contributed by atoms with Gasteiger partial charge in [0.1, 0.15) is 6.17 Å². The first-order valence-electron chi connectivity index (χ1n) is 4.89. The number of aliphatic hydroxyl groups is 1. The van der Waals surface area contributed by atoms with Crippen LogP contribution in [0.15, 0.2) is 0 Å². The van der Waals surface area contributed by atoms with E-state index in [0.717, 1.165) is 0 Å². The molecule has 0 bridgehead atoms. The van der Waals surface area contributed by atoms with Gasteiger partial charge in [0.2, 0.25) is 0 Å². The van der Waals surface area contributed by atoms with E-state index in [1.165, 1.54) is 0 Å². The van der Waals surface area contributed by atoms with Crippen molar-refractivity contribution in [1.29, 1.82) is 0 Å². The van der Waals surface area contributed by atoms with Gasteiger partial charge in [0, 0.05) is 18.3 Å². The molecule has 1 aliphatic rings. The fourth-order valence-electron chi connectivity index (χ4n) is 1.95. The molecule has 0 radical (unpaired) electrons. The molecular formula is C9H16BrFNO2P. The lowest BCUT2D eigenvalue weighted by molar-refractivity contribution is -0.117. The summed E-state index contributed by atoms with van der Waals surface area (Å²) in [6, 6.07) is 0. The highest BCUT2D eigenvalue weighted by atomic mass is 79.9. The van der Waals surface area contributed by atoms with E-state index in [0.29, 0.717) is 11.8 Å². The van der Waals surface area contributed by atoms with Crippen LogP contribution in [-0.2, 0) is 4.79 Å². The first-order valence-corrected chi connectivity index (χ1v) is 7.51. The Morgan fingerprint density at radius 3 is 2.93 bits per heavy atom. The smallest absolute Gasteiger partial charge is 0.171 e. The van der Waals surface area contributed by atoms with Crippen LogP contribution in [0.4, 0.5) is 4.39 Å². The molecule has 0 amide bonds. The number of carbonyl (C=O) groups is 1. The molecule has 0 aromatic carbocycles. The highest BCUT2D eigenvalue weighted by Crippen LogP contribution is 2.33. The van der Waals surface area contributed by atoms with E-state index in [-0.39, 0.29) is 27.1 Å². The lowest BCUT2D eigenvalue weighted by atomic mass is 9.92. The highest BCUT2D eigenvalue weighted by molar-refractivity contribution is 9.09. The monoisotopic (exact) mass is 299 g/mol. The van der Waals surface area contributed by atoms with E-state index in [4.69, 9.17) is 0 Å². The summed E-state index contributed by atoms with van der Waals surface area (Å²) in [5.74, 6) is 0. The van der Waals surface area contributed by atoms with Crippen molar-refractivity contribution in [3.8, 4) is 0 Å². The van der Waals surface area contributed by atoms with E-state index in [2.05, 4.69) is 21.2 Å². The zero-order chi connectivity index (χ0) is 11.5. The Hall–Kier alpha value is 0.430. The number of nitrogens with one attached hydrogen (secondary N) is 1. The number of halogens is 2. The molecule has 1 rings (SSSR count). The molecule has 1 fully saturated rings. The minimum atomic E-state index is -0.979. The van der Waals surface area contributed by atoms with Crippen molar-refractivity contribution in [1.82, 2.24) is 5.32 Å². The molecule has 0 saturated carbocycles. The summed E-state index contributed by atoms with van der Waals surface area (Å²) < 4.78 is 13.2. The molecule has 15 heavy (non-hydrogen) atoms. The van der Waals surface area contributed by atoms with Crippen LogP contribution in [0.3, 0.4) is 0 Å². The Morgan fingerprint density at radius 2 is 2.53 bits per heavy atom. The lowest BCUT2D eigenvalue weighted by Crippen LogP contribution is -2.48. The zero-order valence-electron chi connectivity index (χ0n) is 8.59. The molecule has 1 aliphatic heterocycles. The molecule has 4 atom stereocenters. The van der Waals surface area contributed by atoms with Crippen LogP contribution >= 0.6 is 24.5 Å². The molecule has 1 heterocycles. The SMILES string of the molecule is CPC(=O)C1(CC(O)CBr)CC(F)CN1. The molecule has 1 saturated heterocycles. The maximum Gasteiger partial charge on any atom is 0.171 e. The van der Waals surface area contributed by atoms with Gasteiger partial charge in [-0.3, -0.25) is 4.79 Å². The van der Waals surface area contributed by atoms with Gasteiger partial charge in [0.05, 0.1) is 11.6 Å². The van der Waals surface area contributed by atoms with Crippen molar-refractivity contribution < 1.29 is 14.3 Å². The van der Waals surface area contributed by atoms with Gasteiger partial charge in [0.15, 0.2) is 5.52 Å². The van der Waals surface area contributed by atoms with Gasteiger partial charge in [-0.25, -0.2) is 4.39 Å². The quantitative estimate of drug-likeness (QED) is 0.589. The van der Waals surface area contributed by atoms with Crippen LogP contribution in [-0.4, -0.2) is 47.0 Å². The van der Waals surface area contributed by atoms with E-state index >= 15 is 0 Å². The van der Waals surface area contributed by atoms with Crippen LogP contribution in [0.2, 0.25) is 0 Å². The molecule has 3 nitrogen and oxygen atoms in total. The van der Waals surface area contributed by atoms with Crippen molar-refractivity contribution in [3.63, 3.8) is 0 Å². The Balaban J connectivity index is 2.73. The number of hydrogen-bond donors (Lipinski definition) is 2. The second-order valence-electron chi connectivity index (χ2n) is 3.86. The largest absolute Gasteiger partial charge is 0.392 e. The summed E-state index contributed by atoms with van der Waals surface area (Å²) in [7, 11) is 0.133. The fraction of sp³-hybridized carbons (Fsp3) is 0.889. The van der Waals surface area contributed by atoms with Crippen LogP contribution in [0, 0.1) is 0 Å². The topological polar surface area (TPSA) is 49.3 Å². The van der Waals surface area contributed by atoms with E-state index in [9.17, 15) is 14.3 Å². The minimum Gasteiger partial charge on any atom is -0.392 e. The number of aliphatic hydroxyl groups excluding tert-OH is 1. The summed E-state index contributed by atoms with van der Waals surface area (Å²) >= 11 is 3.15. The predicted octanol–water partition coefficient (Wildman–Crippen LogP) is 1.04. The normalized spacial score (nSPS) is 33.7. The van der Waals surface area contributed by atoms with E-state index < -0.39 is 17.8 Å². The summed E-state index contributed by atoms with van der Waals surface area (Å²) in [6.45, 7) is 2.00. The Bertz CT molecular complexity index is 244. The summed E-state index contributed by atoms with van der Waals surface area (Å²) in [6.07, 6.45) is -1.11. The standard InChI is InChI=1S/C9H16BrFNO2P/c1-15-8(14)9(3-7(13)4-10)2-6(11)5-12-9/h6-7,12-13,15H,2-5H2,1H3. The molecule has 0 spiro atoms. The highest BCUT2D eigenvalue weighted by Gasteiger charge is 2.45. The number of alkyl halides is 2. The average Bonchev–Trinajstić information content (AvgIpc) is 2.59. The van der Waals surface area contributed by atoms with Crippen molar-refractivity contribution in [2.45, 2.75) is 30.7 Å². The van der Waals surface area contributed by atoms with Gasteiger partial charge in [-0.05, 0) is 13.1 Å². The van der Waals surface area contributed by atoms with Crippen molar-refractivity contribution in [2.24, 2.45) is 0 Å². The van der Waals surface area contributed by atoms with Crippen LogP contribution in [0.5, 0.6) is 0 Å². The third-order valence-electron chi connectivity index (χ3n) is 2.66. The van der Waals surface area contributed by atoms with Crippen molar-refractivity contribution in [2.75, 3.05) is 18.5 Å². The predicted molar refractivity (Wildman–Crippen MR) is 63.9 cm³/mol. The van der Waals surface area contributed by atoms with Crippen LogP contribution < -0.4 is 5.32 Å². The van der Waals surface area contributed by atoms with Gasteiger partial charge < -0.3 is 10.4 Å². The van der Waals surface area contributed by atoms with E-state index in [1.54, 1.807) is 6.66 Å². The van der Waals surface area contributed by atoms with Crippen LogP contribution in [0.1, 0.15) is 12.8 Å². The zero-order valence-corrected chi connectivity index (χ0v) is 11.2. The van der Waals surface area contributed by atoms with E-state index in [1.807, 2.05) is 0 Å². The van der Waals surface area contributed by atoms with Crippen LogP contribution in [0.25, 0.3) is 0 Å². The molecule has 2 N–H and O–H groups in total. The second kappa shape index (κ2) is 5.67. The maximum absolute atomic E-state index is 13.2.